The third-order valence-corrected chi connectivity index (χ3v) is 3.79. The minimum atomic E-state index is -4.97. The maximum Gasteiger partial charge on any atom is 0.471 e. The minimum Gasteiger partial charge on any atom is -0.394 e. The number of hydrogen-bond acceptors (Lipinski definition) is 8. The quantitative estimate of drug-likeness (QED) is 0.408. The second-order valence-electron chi connectivity index (χ2n) is 5.72. The van der Waals surface area contributed by atoms with E-state index in [2.05, 4.69) is 4.98 Å². The Bertz CT molecular complexity index is 713. The lowest BCUT2D eigenvalue weighted by Crippen LogP contribution is -2.39. The van der Waals surface area contributed by atoms with E-state index >= 15 is 0 Å². The highest BCUT2D eigenvalue weighted by Crippen LogP contribution is 2.30. The van der Waals surface area contributed by atoms with Crippen LogP contribution in [-0.2, 0) is 14.3 Å². The van der Waals surface area contributed by atoms with Crippen LogP contribution in [0.2, 0.25) is 0 Å². The van der Waals surface area contributed by atoms with Crippen LogP contribution in [0.1, 0.15) is 12.6 Å². The number of aliphatic hydroxyl groups is 2. The number of aromatic nitrogens is 2. The Morgan fingerprint density at radius 3 is 2.78 bits per heavy atom. The topological polar surface area (TPSA) is 149 Å². The molecule has 0 bridgehead atoms. The van der Waals surface area contributed by atoms with Crippen LogP contribution in [0.15, 0.2) is 17.1 Å². The molecule has 1 aliphatic heterocycles. The summed E-state index contributed by atoms with van der Waals surface area (Å²) in [7, 11) is 0. The Morgan fingerprint density at radius 1 is 1.48 bits per heavy atom. The molecule has 1 saturated heterocycles. The van der Waals surface area contributed by atoms with E-state index in [-0.39, 0.29) is 25.4 Å². The Hall–Kier alpha value is -2.22. The minimum absolute atomic E-state index is 0.0175. The first-order chi connectivity index (χ1) is 12.6. The summed E-state index contributed by atoms with van der Waals surface area (Å²) in [5.74, 6) is -2.08. The number of nitrogens with zero attached hydrogens (tertiary/aromatic N) is 2. The monoisotopic (exact) mass is 396 g/mol. The second-order valence-corrected chi connectivity index (χ2v) is 5.72. The first kappa shape index (κ1) is 21.1. The number of halogens is 3. The van der Waals surface area contributed by atoms with Crippen molar-refractivity contribution in [2.75, 3.05) is 25.5 Å². The molecule has 1 aromatic rings. The molecule has 2 unspecified atom stereocenters. The lowest BCUT2D eigenvalue weighted by atomic mass is 10.1. The van der Waals surface area contributed by atoms with Crippen molar-refractivity contribution in [3.8, 4) is 0 Å². The summed E-state index contributed by atoms with van der Waals surface area (Å²) in [4.78, 5) is 26.0. The molecule has 2 heterocycles. The Kier molecular flexibility index (Phi) is 6.75. The number of nitrogens with two attached hydrogens (primary N) is 1. The van der Waals surface area contributed by atoms with Crippen molar-refractivity contribution in [3.63, 3.8) is 0 Å². The maximum atomic E-state index is 12.1. The molecule has 4 atom stereocenters. The fraction of sp³-hybridized carbons (Fsp3) is 0.643. The van der Waals surface area contributed by atoms with Crippen molar-refractivity contribution < 1.29 is 37.7 Å². The molecule has 27 heavy (non-hydrogen) atoms. The van der Waals surface area contributed by atoms with Gasteiger partial charge in [0.05, 0.1) is 6.61 Å². The first-order valence-corrected chi connectivity index (χ1v) is 7.91. The molecule has 0 radical (unpaired) electrons. The van der Waals surface area contributed by atoms with Crippen LogP contribution < -0.4 is 16.7 Å². The van der Waals surface area contributed by atoms with Gasteiger partial charge in [-0.15, -0.1) is 0 Å². The average Bonchev–Trinajstić information content (AvgIpc) is 2.89. The van der Waals surface area contributed by atoms with Crippen molar-refractivity contribution in [1.29, 1.82) is 0 Å². The number of ether oxygens (including phenoxy) is 2. The predicted molar refractivity (Wildman–Crippen MR) is 83.3 cm³/mol. The number of nitrogens with one attached hydrogen (secondary N) is 1. The number of aliphatic hydroxyl groups excluding tert-OH is 2. The number of nitrogen functional groups attached to an aromatic ring is 1. The standard InChI is InChI=1S/C14H19F3N4O6/c15-14(16,17)12(24)19-3-1-5-26-10-7(6-22)27-11(9(10)23)21-4-2-8(18)20-13(21)25/h2,4,7,9-11,22-23H,1,3,5-6H2,(H,19,24)(H2,18,20,25)/t7-,9?,10?,11-/m1/s1. The van der Waals surface area contributed by atoms with Gasteiger partial charge in [0.15, 0.2) is 6.23 Å². The number of anilines is 1. The molecular weight excluding hydrogens is 377 g/mol. The molecule has 152 valence electrons. The van der Waals surface area contributed by atoms with Gasteiger partial charge in [-0.25, -0.2) is 4.79 Å². The van der Waals surface area contributed by atoms with Crippen LogP contribution in [0.4, 0.5) is 19.0 Å². The summed E-state index contributed by atoms with van der Waals surface area (Å²) < 4.78 is 47.9. The largest absolute Gasteiger partial charge is 0.471 e. The highest BCUT2D eigenvalue weighted by Gasteiger charge is 2.45. The molecule has 13 heteroatoms. The number of rotatable bonds is 7. The van der Waals surface area contributed by atoms with Gasteiger partial charge in [0.1, 0.15) is 24.1 Å². The molecular formula is C14H19F3N4O6. The van der Waals surface area contributed by atoms with E-state index in [1.807, 2.05) is 0 Å². The highest BCUT2D eigenvalue weighted by molar-refractivity contribution is 5.81. The lowest BCUT2D eigenvalue weighted by molar-refractivity contribution is -0.173. The van der Waals surface area contributed by atoms with Crippen molar-refractivity contribution in [2.24, 2.45) is 0 Å². The molecule has 0 aromatic carbocycles. The fourth-order valence-corrected chi connectivity index (χ4v) is 2.52. The van der Waals surface area contributed by atoms with E-state index < -0.39 is 48.9 Å². The van der Waals surface area contributed by atoms with E-state index in [1.54, 1.807) is 5.32 Å². The number of carbonyl (C=O) groups is 1. The van der Waals surface area contributed by atoms with Gasteiger partial charge in [-0.05, 0) is 12.5 Å². The molecule has 1 fully saturated rings. The van der Waals surface area contributed by atoms with Crippen molar-refractivity contribution in [1.82, 2.24) is 14.9 Å². The second kappa shape index (κ2) is 8.65. The van der Waals surface area contributed by atoms with Crippen LogP contribution >= 0.6 is 0 Å². The summed E-state index contributed by atoms with van der Waals surface area (Å²) >= 11 is 0. The molecule has 10 nitrogen and oxygen atoms in total. The molecule has 0 spiro atoms. The van der Waals surface area contributed by atoms with Crippen LogP contribution in [0.5, 0.6) is 0 Å². The molecule has 0 aliphatic carbocycles. The van der Waals surface area contributed by atoms with Crippen LogP contribution in [0, 0.1) is 0 Å². The van der Waals surface area contributed by atoms with E-state index in [0.29, 0.717) is 0 Å². The fourth-order valence-electron chi connectivity index (χ4n) is 2.52. The maximum absolute atomic E-state index is 12.1. The number of alkyl halides is 3. The van der Waals surface area contributed by atoms with Gasteiger partial charge < -0.3 is 30.7 Å². The highest BCUT2D eigenvalue weighted by atomic mass is 19.4. The third-order valence-electron chi connectivity index (χ3n) is 3.79. The van der Waals surface area contributed by atoms with E-state index in [4.69, 9.17) is 15.2 Å². The Balaban J connectivity index is 1.91. The van der Waals surface area contributed by atoms with E-state index in [9.17, 15) is 33.0 Å². The summed E-state index contributed by atoms with van der Waals surface area (Å²) in [5, 5.41) is 21.4. The van der Waals surface area contributed by atoms with Gasteiger partial charge in [-0.3, -0.25) is 9.36 Å². The number of amides is 1. The average molecular weight is 396 g/mol. The van der Waals surface area contributed by atoms with Gasteiger partial charge in [0.2, 0.25) is 0 Å². The van der Waals surface area contributed by atoms with Crippen LogP contribution in [0.25, 0.3) is 0 Å². The molecule has 1 aromatic heterocycles. The Morgan fingerprint density at radius 2 is 2.19 bits per heavy atom. The van der Waals surface area contributed by atoms with Crippen molar-refractivity contribution in [2.45, 2.75) is 37.1 Å². The lowest BCUT2D eigenvalue weighted by Gasteiger charge is -2.20. The summed E-state index contributed by atoms with van der Waals surface area (Å²) in [6.45, 7) is -0.946. The summed E-state index contributed by atoms with van der Waals surface area (Å²) in [6, 6.07) is 1.32. The van der Waals surface area contributed by atoms with Crippen LogP contribution in [0.3, 0.4) is 0 Å². The van der Waals surface area contributed by atoms with Crippen LogP contribution in [-0.4, -0.2) is 69.9 Å². The molecule has 0 saturated carbocycles. The molecule has 1 aliphatic rings. The molecule has 5 N–H and O–H groups in total. The smallest absolute Gasteiger partial charge is 0.394 e. The predicted octanol–water partition coefficient (Wildman–Crippen LogP) is -1.47. The summed E-state index contributed by atoms with van der Waals surface area (Å²) in [6.07, 6.45) is -8.22. The number of carbonyl (C=O) groups excluding carboxylic acids is 1. The van der Waals surface area contributed by atoms with Gasteiger partial charge >= 0.3 is 17.8 Å². The molecule has 1 amide bonds. The van der Waals surface area contributed by atoms with Crippen molar-refractivity contribution >= 4 is 11.7 Å². The summed E-state index contributed by atoms with van der Waals surface area (Å²) in [5.41, 5.74) is 4.62. The SMILES string of the molecule is Nc1ccn([C@@H]2O[C@H](CO)C(OCCCNC(=O)C(F)(F)F)C2O)c(=O)n1. The van der Waals surface area contributed by atoms with Gasteiger partial charge in [0, 0.05) is 19.3 Å². The zero-order valence-corrected chi connectivity index (χ0v) is 13.9. The zero-order valence-electron chi connectivity index (χ0n) is 13.9. The van der Waals surface area contributed by atoms with E-state index in [0.717, 1.165) is 4.57 Å². The number of hydrogen-bond donors (Lipinski definition) is 4. The third kappa shape index (κ3) is 5.15. The van der Waals surface area contributed by atoms with Gasteiger partial charge in [0.25, 0.3) is 0 Å². The Labute approximate surface area is 150 Å². The van der Waals surface area contributed by atoms with Gasteiger partial charge in [-0.1, -0.05) is 0 Å². The zero-order chi connectivity index (χ0) is 20.2. The van der Waals surface area contributed by atoms with E-state index in [1.165, 1.54) is 12.3 Å². The van der Waals surface area contributed by atoms with Crippen molar-refractivity contribution in [3.05, 3.63) is 22.7 Å². The van der Waals surface area contributed by atoms with Gasteiger partial charge in [-0.2, -0.15) is 18.2 Å². The molecule has 2 rings (SSSR count). The first-order valence-electron chi connectivity index (χ1n) is 7.91. The normalized spacial score (nSPS) is 25.5.